The molecule has 0 aliphatic carbocycles. The molecule has 1 heterocycles. The highest BCUT2D eigenvalue weighted by molar-refractivity contribution is 8.00. The number of nitrogens with zero attached hydrogens (tertiary/aromatic N) is 3. The zero-order valence-electron chi connectivity index (χ0n) is 11.9. The van der Waals surface area contributed by atoms with Gasteiger partial charge in [-0.2, -0.15) is 0 Å². The van der Waals surface area contributed by atoms with Crippen molar-refractivity contribution in [3.05, 3.63) is 28.8 Å². The topological polar surface area (TPSA) is 85.8 Å². The van der Waals surface area contributed by atoms with E-state index in [0.29, 0.717) is 21.8 Å². The third-order valence-electron chi connectivity index (χ3n) is 3.05. The Bertz CT molecular complexity index is 673. The molecule has 8 heteroatoms. The van der Waals surface area contributed by atoms with E-state index in [4.69, 9.17) is 17.3 Å². The number of hydrogen-bond donors (Lipinski definition) is 2. The molecule has 0 saturated heterocycles. The summed E-state index contributed by atoms with van der Waals surface area (Å²) in [5, 5.41) is 11.4. The lowest BCUT2D eigenvalue weighted by atomic mass is 10.2. The van der Waals surface area contributed by atoms with Crippen molar-refractivity contribution in [1.29, 1.82) is 0 Å². The number of nitrogens with one attached hydrogen (secondary N) is 1. The molecule has 1 aromatic carbocycles. The molecule has 0 radical (unpaired) electrons. The van der Waals surface area contributed by atoms with Gasteiger partial charge in [0.2, 0.25) is 11.9 Å². The lowest BCUT2D eigenvalue weighted by Crippen LogP contribution is -2.23. The van der Waals surface area contributed by atoms with Gasteiger partial charge in [-0.3, -0.25) is 9.36 Å². The molecule has 21 heavy (non-hydrogen) atoms. The van der Waals surface area contributed by atoms with Crippen molar-refractivity contribution in [3.8, 4) is 0 Å². The summed E-state index contributed by atoms with van der Waals surface area (Å²) in [6.07, 6.45) is 0. The van der Waals surface area contributed by atoms with Crippen molar-refractivity contribution in [2.45, 2.75) is 24.3 Å². The molecule has 112 valence electrons. The van der Waals surface area contributed by atoms with Gasteiger partial charge in [0.1, 0.15) is 0 Å². The van der Waals surface area contributed by atoms with Gasteiger partial charge in [0.15, 0.2) is 5.16 Å². The average molecular weight is 326 g/mol. The normalized spacial score (nSPS) is 12.2. The summed E-state index contributed by atoms with van der Waals surface area (Å²) in [5.41, 5.74) is 7.16. The molecular formula is C13H16ClN5OS. The molecule has 0 bridgehead atoms. The summed E-state index contributed by atoms with van der Waals surface area (Å²) in [6.45, 7) is 3.66. The maximum Gasteiger partial charge on any atom is 0.237 e. The first kappa shape index (κ1) is 15.7. The Balaban J connectivity index is 2.06. The molecule has 0 fully saturated rings. The van der Waals surface area contributed by atoms with E-state index in [0.717, 1.165) is 5.56 Å². The van der Waals surface area contributed by atoms with Crippen molar-refractivity contribution in [3.63, 3.8) is 0 Å². The summed E-state index contributed by atoms with van der Waals surface area (Å²) in [6, 6.07) is 5.40. The second kappa shape index (κ2) is 6.36. The number of hydrogen-bond acceptors (Lipinski definition) is 5. The summed E-state index contributed by atoms with van der Waals surface area (Å²) in [5.74, 6) is 0.183. The summed E-state index contributed by atoms with van der Waals surface area (Å²) < 4.78 is 1.64. The molecule has 2 aromatic rings. The quantitative estimate of drug-likeness (QED) is 0.843. The Labute approximate surface area is 132 Å². The van der Waals surface area contributed by atoms with E-state index in [1.807, 2.05) is 13.0 Å². The Kier molecular flexibility index (Phi) is 4.74. The molecule has 0 aliphatic heterocycles. The van der Waals surface area contributed by atoms with Gasteiger partial charge in [-0.05, 0) is 31.5 Å². The molecule has 0 aliphatic rings. The molecule has 0 spiro atoms. The largest absolute Gasteiger partial charge is 0.368 e. The molecule has 3 N–H and O–H groups in total. The lowest BCUT2D eigenvalue weighted by Gasteiger charge is -2.13. The summed E-state index contributed by atoms with van der Waals surface area (Å²) in [7, 11) is 1.75. The van der Waals surface area contributed by atoms with Crippen LogP contribution in [0, 0.1) is 6.92 Å². The van der Waals surface area contributed by atoms with Crippen LogP contribution >= 0.6 is 23.4 Å². The highest BCUT2D eigenvalue weighted by Crippen LogP contribution is 2.26. The second-order valence-electron chi connectivity index (χ2n) is 4.56. The number of thioether (sulfide) groups is 1. The van der Waals surface area contributed by atoms with Gasteiger partial charge in [-0.25, -0.2) is 0 Å². The van der Waals surface area contributed by atoms with E-state index in [2.05, 4.69) is 15.5 Å². The highest BCUT2D eigenvalue weighted by Gasteiger charge is 2.19. The first-order valence-electron chi connectivity index (χ1n) is 6.27. The van der Waals surface area contributed by atoms with Gasteiger partial charge in [0, 0.05) is 17.8 Å². The smallest absolute Gasteiger partial charge is 0.237 e. The van der Waals surface area contributed by atoms with Crippen molar-refractivity contribution >= 4 is 40.9 Å². The van der Waals surface area contributed by atoms with Gasteiger partial charge in [0.25, 0.3) is 0 Å². The predicted octanol–water partition coefficient (Wildman–Crippen LogP) is 2.48. The second-order valence-corrected chi connectivity index (χ2v) is 6.28. The SMILES string of the molecule is Cc1c(Cl)cccc1NC(=O)[C@H](C)Sc1nnc(N)n1C. The van der Waals surface area contributed by atoms with E-state index in [1.165, 1.54) is 11.8 Å². The highest BCUT2D eigenvalue weighted by atomic mass is 35.5. The fourth-order valence-electron chi connectivity index (χ4n) is 1.62. The first-order chi connectivity index (χ1) is 9.90. The van der Waals surface area contributed by atoms with Crippen molar-refractivity contribution in [1.82, 2.24) is 14.8 Å². The van der Waals surface area contributed by atoms with E-state index in [-0.39, 0.29) is 11.2 Å². The standard InChI is InChI=1S/C13H16ClN5OS/c1-7-9(14)5-4-6-10(7)16-11(20)8(2)21-13-18-17-12(15)19(13)3/h4-6,8H,1-3H3,(H2,15,17)(H,16,20)/t8-/m0/s1. The lowest BCUT2D eigenvalue weighted by molar-refractivity contribution is -0.115. The van der Waals surface area contributed by atoms with E-state index in [9.17, 15) is 4.79 Å². The molecule has 1 atom stereocenters. The third kappa shape index (κ3) is 3.48. The molecule has 6 nitrogen and oxygen atoms in total. The van der Waals surface area contributed by atoms with E-state index >= 15 is 0 Å². The van der Waals surface area contributed by atoms with E-state index in [1.54, 1.807) is 30.7 Å². The number of rotatable bonds is 4. The number of carbonyl (C=O) groups is 1. The minimum Gasteiger partial charge on any atom is -0.368 e. The van der Waals surface area contributed by atoms with Gasteiger partial charge < -0.3 is 11.1 Å². The molecule has 0 unspecified atom stereocenters. The van der Waals surface area contributed by atoms with Gasteiger partial charge in [0.05, 0.1) is 5.25 Å². The Hall–Kier alpha value is -1.73. The zero-order valence-corrected chi connectivity index (χ0v) is 13.5. The maximum atomic E-state index is 12.2. The van der Waals surface area contributed by atoms with Crippen LogP contribution in [-0.2, 0) is 11.8 Å². The van der Waals surface area contributed by atoms with Crippen LogP contribution in [0.1, 0.15) is 12.5 Å². The maximum absolute atomic E-state index is 12.2. The van der Waals surface area contributed by atoms with Crippen LogP contribution in [0.5, 0.6) is 0 Å². The number of nitrogen functional groups attached to an aromatic ring is 1. The Morgan fingerprint density at radius 1 is 1.48 bits per heavy atom. The molecule has 0 saturated carbocycles. The van der Waals surface area contributed by atoms with Crippen LogP contribution < -0.4 is 11.1 Å². The fraction of sp³-hybridized carbons (Fsp3) is 0.308. The van der Waals surface area contributed by atoms with Crippen LogP contribution in [-0.4, -0.2) is 25.9 Å². The monoisotopic (exact) mass is 325 g/mol. The Morgan fingerprint density at radius 2 is 2.19 bits per heavy atom. The van der Waals surface area contributed by atoms with Gasteiger partial charge in [-0.1, -0.05) is 29.4 Å². The van der Waals surface area contributed by atoms with Crippen molar-refractivity contribution in [2.75, 3.05) is 11.1 Å². The molecule has 2 rings (SSSR count). The van der Waals surface area contributed by atoms with Crippen LogP contribution in [0.15, 0.2) is 23.4 Å². The van der Waals surface area contributed by atoms with Crippen LogP contribution in [0.3, 0.4) is 0 Å². The predicted molar refractivity (Wildman–Crippen MR) is 85.6 cm³/mol. The minimum atomic E-state index is -0.342. The van der Waals surface area contributed by atoms with Gasteiger partial charge >= 0.3 is 0 Å². The number of anilines is 2. The molecular weight excluding hydrogens is 310 g/mol. The minimum absolute atomic E-state index is 0.132. The zero-order chi connectivity index (χ0) is 15.6. The van der Waals surface area contributed by atoms with Crippen LogP contribution in [0.4, 0.5) is 11.6 Å². The number of halogens is 1. The van der Waals surface area contributed by atoms with Gasteiger partial charge in [-0.15, -0.1) is 10.2 Å². The van der Waals surface area contributed by atoms with Crippen LogP contribution in [0.2, 0.25) is 5.02 Å². The third-order valence-corrected chi connectivity index (χ3v) is 4.59. The number of aromatic nitrogens is 3. The van der Waals surface area contributed by atoms with Crippen molar-refractivity contribution in [2.24, 2.45) is 7.05 Å². The molecule has 1 aromatic heterocycles. The number of carbonyl (C=O) groups excluding carboxylic acids is 1. The molecule has 1 amide bonds. The fourth-order valence-corrected chi connectivity index (χ4v) is 2.61. The summed E-state index contributed by atoms with van der Waals surface area (Å²) in [4.78, 5) is 12.2. The number of nitrogens with two attached hydrogens (primary N) is 1. The number of benzene rings is 1. The van der Waals surface area contributed by atoms with Crippen molar-refractivity contribution < 1.29 is 4.79 Å². The van der Waals surface area contributed by atoms with E-state index < -0.39 is 0 Å². The average Bonchev–Trinajstić information content (AvgIpc) is 2.75. The first-order valence-corrected chi connectivity index (χ1v) is 7.53. The Morgan fingerprint density at radius 3 is 2.81 bits per heavy atom. The van der Waals surface area contributed by atoms with Crippen LogP contribution in [0.25, 0.3) is 0 Å². The number of amides is 1. The summed E-state index contributed by atoms with van der Waals surface area (Å²) >= 11 is 7.33.